The number of benzene rings is 1. The average Bonchev–Trinajstić information content (AvgIpc) is 2.76. The van der Waals surface area contributed by atoms with Crippen LogP contribution in [0.2, 0.25) is 0 Å². The van der Waals surface area contributed by atoms with E-state index in [9.17, 15) is 0 Å². The number of nitrogens with zero attached hydrogens (tertiary/aromatic N) is 2. The number of rotatable bonds is 4. The van der Waals surface area contributed by atoms with E-state index in [-0.39, 0.29) is 6.04 Å². The third-order valence-corrected chi connectivity index (χ3v) is 4.45. The Morgan fingerprint density at radius 3 is 2.83 bits per heavy atom. The van der Waals surface area contributed by atoms with Gasteiger partial charge in [-0.05, 0) is 46.7 Å². The number of hydrazine groups is 1. The van der Waals surface area contributed by atoms with Crippen molar-refractivity contribution in [3.63, 3.8) is 0 Å². The molecule has 4 nitrogen and oxygen atoms in total. The first-order chi connectivity index (χ1) is 8.61. The number of nitrogens with two attached hydrogens (primary N) is 1. The molecule has 1 aromatic heterocycles. The summed E-state index contributed by atoms with van der Waals surface area (Å²) in [5.74, 6) is 5.69. The first-order valence-corrected chi connectivity index (χ1v) is 6.89. The maximum absolute atomic E-state index is 5.69. The van der Waals surface area contributed by atoms with Crippen LogP contribution in [0.25, 0.3) is 0 Å². The van der Waals surface area contributed by atoms with Crippen LogP contribution in [-0.4, -0.2) is 9.78 Å². The van der Waals surface area contributed by atoms with Crippen molar-refractivity contribution >= 4 is 22.6 Å². The molecule has 0 bridgehead atoms. The van der Waals surface area contributed by atoms with Crippen LogP contribution in [-0.2, 0) is 13.5 Å². The fourth-order valence-electron chi connectivity index (χ4n) is 1.98. The first kappa shape index (κ1) is 13.5. The predicted octanol–water partition coefficient (Wildman–Crippen LogP) is 2.08. The molecule has 1 aromatic carbocycles. The topological polar surface area (TPSA) is 55.9 Å². The molecule has 96 valence electrons. The Morgan fingerprint density at radius 2 is 2.22 bits per heavy atom. The van der Waals surface area contributed by atoms with Crippen LogP contribution in [0, 0.1) is 10.5 Å². The minimum atomic E-state index is 0.0895. The molecule has 0 aliphatic rings. The van der Waals surface area contributed by atoms with Gasteiger partial charge in [0.15, 0.2) is 0 Å². The quantitative estimate of drug-likeness (QED) is 0.501. The van der Waals surface area contributed by atoms with E-state index in [4.69, 9.17) is 5.84 Å². The number of nitrogens with one attached hydrogen (secondary N) is 1. The fourth-order valence-corrected chi connectivity index (χ4v) is 2.71. The highest BCUT2D eigenvalue weighted by atomic mass is 127. The van der Waals surface area contributed by atoms with E-state index in [1.165, 1.54) is 14.7 Å². The van der Waals surface area contributed by atoms with Crippen molar-refractivity contribution in [2.75, 3.05) is 0 Å². The zero-order valence-electron chi connectivity index (χ0n) is 10.5. The number of hydrogen-bond donors (Lipinski definition) is 2. The number of halogens is 1. The second-order valence-corrected chi connectivity index (χ2v) is 5.46. The average molecular weight is 356 g/mol. The standard InChI is InChI=1S/C13H17IN4/c1-9-4-3-5-11(13(9)14)12(16-15)8-10-6-7-18(2)17-10/h3-7,12,16H,8,15H2,1-2H3. The van der Waals surface area contributed by atoms with Gasteiger partial charge in [0, 0.05) is 23.2 Å². The van der Waals surface area contributed by atoms with Crippen molar-refractivity contribution < 1.29 is 0 Å². The van der Waals surface area contributed by atoms with Crippen molar-refractivity contribution in [2.45, 2.75) is 19.4 Å². The molecule has 5 heteroatoms. The molecule has 0 amide bonds. The maximum Gasteiger partial charge on any atom is 0.0643 e. The summed E-state index contributed by atoms with van der Waals surface area (Å²) >= 11 is 2.37. The van der Waals surface area contributed by atoms with Gasteiger partial charge in [-0.1, -0.05) is 18.2 Å². The zero-order chi connectivity index (χ0) is 13.1. The predicted molar refractivity (Wildman–Crippen MR) is 80.9 cm³/mol. The lowest BCUT2D eigenvalue weighted by molar-refractivity contribution is 0.539. The van der Waals surface area contributed by atoms with Crippen LogP contribution >= 0.6 is 22.6 Å². The largest absolute Gasteiger partial charge is 0.276 e. The summed E-state index contributed by atoms with van der Waals surface area (Å²) in [5, 5.41) is 4.39. The molecule has 0 spiro atoms. The van der Waals surface area contributed by atoms with Crippen molar-refractivity contribution in [1.29, 1.82) is 0 Å². The van der Waals surface area contributed by atoms with E-state index in [0.717, 1.165) is 12.1 Å². The third-order valence-electron chi connectivity index (χ3n) is 2.98. The first-order valence-electron chi connectivity index (χ1n) is 5.81. The van der Waals surface area contributed by atoms with Gasteiger partial charge in [-0.2, -0.15) is 5.10 Å². The second kappa shape index (κ2) is 5.81. The highest BCUT2D eigenvalue weighted by Gasteiger charge is 2.15. The number of aryl methyl sites for hydroxylation is 2. The molecular weight excluding hydrogens is 339 g/mol. The van der Waals surface area contributed by atoms with Crippen molar-refractivity contribution in [3.8, 4) is 0 Å². The van der Waals surface area contributed by atoms with Crippen LogP contribution in [0.15, 0.2) is 30.5 Å². The Labute approximate surface area is 121 Å². The Morgan fingerprint density at radius 1 is 1.44 bits per heavy atom. The van der Waals surface area contributed by atoms with Crippen LogP contribution in [0.3, 0.4) is 0 Å². The lowest BCUT2D eigenvalue weighted by Crippen LogP contribution is -2.30. The van der Waals surface area contributed by atoms with E-state index in [0.29, 0.717) is 0 Å². The molecule has 1 unspecified atom stereocenters. The second-order valence-electron chi connectivity index (χ2n) is 4.38. The SMILES string of the molecule is Cc1cccc(C(Cc2ccn(C)n2)NN)c1I. The van der Waals surface area contributed by atoms with Crippen LogP contribution in [0.1, 0.15) is 22.9 Å². The lowest BCUT2D eigenvalue weighted by Gasteiger charge is -2.18. The Bertz CT molecular complexity index is 536. The molecule has 0 saturated heterocycles. The molecule has 0 fully saturated rings. The number of aromatic nitrogens is 2. The molecule has 2 rings (SSSR count). The zero-order valence-corrected chi connectivity index (χ0v) is 12.7. The van der Waals surface area contributed by atoms with Crippen LogP contribution in [0.5, 0.6) is 0 Å². The maximum atomic E-state index is 5.69. The van der Waals surface area contributed by atoms with Gasteiger partial charge in [0.1, 0.15) is 0 Å². The molecule has 0 aliphatic heterocycles. The Hall–Kier alpha value is -0.920. The van der Waals surface area contributed by atoms with Crippen molar-refractivity contribution in [3.05, 3.63) is 50.9 Å². The van der Waals surface area contributed by atoms with Gasteiger partial charge in [-0.3, -0.25) is 16.0 Å². The molecule has 0 aliphatic carbocycles. The van der Waals surface area contributed by atoms with Gasteiger partial charge in [0.05, 0.1) is 11.7 Å². The van der Waals surface area contributed by atoms with E-state index in [2.05, 4.69) is 58.2 Å². The molecule has 3 N–H and O–H groups in total. The summed E-state index contributed by atoms with van der Waals surface area (Å²) in [6, 6.07) is 8.40. The van der Waals surface area contributed by atoms with Gasteiger partial charge in [-0.15, -0.1) is 0 Å². The molecule has 1 heterocycles. The van der Waals surface area contributed by atoms with Crippen molar-refractivity contribution in [2.24, 2.45) is 12.9 Å². The minimum absolute atomic E-state index is 0.0895. The Balaban J connectivity index is 2.25. The highest BCUT2D eigenvalue weighted by molar-refractivity contribution is 14.1. The van der Waals surface area contributed by atoms with Gasteiger partial charge in [-0.25, -0.2) is 0 Å². The molecular formula is C13H17IN4. The normalized spacial score (nSPS) is 12.7. The third kappa shape index (κ3) is 2.90. The van der Waals surface area contributed by atoms with Gasteiger partial charge >= 0.3 is 0 Å². The summed E-state index contributed by atoms with van der Waals surface area (Å²) < 4.78 is 3.07. The minimum Gasteiger partial charge on any atom is -0.276 e. The monoisotopic (exact) mass is 356 g/mol. The molecule has 18 heavy (non-hydrogen) atoms. The van der Waals surface area contributed by atoms with E-state index in [1.54, 1.807) is 0 Å². The smallest absolute Gasteiger partial charge is 0.0643 e. The van der Waals surface area contributed by atoms with Gasteiger partial charge in [0.2, 0.25) is 0 Å². The summed E-state index contributed by atoms with van der Waals surface area (Å²) in [6.45, 7) is 2.11. The van der Waals surface area contributed by atoms with E-state index >= 15 is 0 Å². The Kier molecular flexibility index (Phi) is 4.36. The van der Waals surface area contributed by atoms with Crippen LogP contribution in [0.4, 0.5) is 0 Å². The number of hydrogen-bond acceptors (Lipinski definition) is 3. The molecule has 0 radical (unpaired) electrons. The van der Waals surface area contributed by atoms with Crippen molar-refractivity contribution in [1.82, 2.24) is 15.2 Å². The van der Waals surface area contributed by atoms with E-state index in [1.807, 2.05) is 24.0 Å². The van der Waals surface area contributed by atoms with Gasteiger partial charge in [0.25, 0.3) is 0 Å². The summed E-state index contributed by atoms with van der Waals surface area (Å²) in [6.07, 6.45) is 2.74. The van der Waals surface area contributed by atoms with Crippen LogP contribution < -0.4 is 11.3 Å². The lowest BCUT2D eigenvalue weighted by atomic mass is 10.0. The molecule has 1 atom stereocenters. The van der Waals surface area contributed by atoms with Gasteiger partial charge < -0.3 is 0 Å². The fraction of sp³-hybridized carbons (Fsp3) is 0.308. The summed E-state index contributed by atoms with van der Waals surface area (Å²) in [7, 11) is 1.92. The summed E-state index contributed by atoms with van der Waals surface area (Å²) in [4.78, 5) is 0. The van der Waals surface area contributed by atoms with E-state index < -0.39 is 0 Å². The summed E-state index contributed by atoms with van der Waals surface area (Å²) in [5.41, 5.74) is 6.43. The molecule has 0 saturated carbocycles. The highest BCUT2D eigenvalue weighted by Crippen LogP contribution is 2.24. The molecule has 2 aromatic rings.